The molecule has 0 saturated carbocycles. The molecule has 0 radical (unpaired) electrons. The van der Waals surface area contributed by atoms with E-state index in [-0.39, 0.29) is 24.3 Å². The largest absolute Gasteiger partial charge is 0.497 e. The first-order valence-electron chi connectivity index (χ1n) is 9.92. The second kappa shape index (κ2) is 8.92. The number of benzene rings is 2. The van der Waals surface area contributed by atoms with E-state index in [9.17, 15) is 14.9 Å². The highest BCUT2D eigenvalue weighted by atomic mass is 16.6. The average Bonchev–Trinajstić information content (AvgIpc) is 2.73. The number of methoxy groups -OCH3 is 1. The van der Waals surface area contributed by atoms with Crippen LogP contribution in [-0.4, -0.2) is 29.9 Å². The van der Waals surface area contributed by atoms with Crippen molar-refractivity contribution in [3.8, 4) is 22.9 Å². The highest BCUT2D eigenvalue weighted by Crippen LogP contribution is 2.32. The zero-order valence-electron chi connectivity index (χ0n) is 18.1. The molecule has 1 amide bonds. The molecule has 0 unspecified atom stereocenters. The van der Waals surface area contributed by atoms with Crippen molar-refractivity contribution >= 4 is 16.9 Å². The Morgan fingerprint density at radius 3 is 2.45 bits per heavy atom. The van der Waals surface area contributed by atoms with Crippen molar-refractivity contribution in [1.29, 1.82) is 5.26 Å². The predicted octanol–water partition coefficient (Wildman–Crippen LogP) is 4.07. The molecule has 0 aliphatic heterocycles. The number of rotatable bonds is 5. The third-order valence-corrected chi connectivity index (χ3v) is 4.65. The highest BCUT2D eigenvalue weighted by Gasteiger charge is 2.20. The van der Waals surface area contributed by atoms with Crippen molar-refractivity contribution in [2.45, 2.75) is 32.9 Å². The fourth-order valence-corrected chi connectivity index (χ4v) is 3.36. The number of ether oxygens (including phenoxy) is 2. The molecule has 0 aliphatic rings. The summed E-state index contributed by atoms with van der Waals surface area (Å²) in [5, 5.41) is 13.7. The number of carbonyl (C=O) groups is 1. The van der Waals surface area contributed by atoms with Gasteiger partial charge in [-0.15, -0.1) is 0 Å². The first-order chi connectivity index (χ1) is 14.7. The van der Waals surface area contributed by atoms with Gasteiger partial charge >= 0.3 is 6.09 Å². The van der Waals surface area contributed by atoms with E-state index in [0.717, 1.165) is 5.56 Å². The quantitative estimate of drug-likeness (QED) is 0.673. The zero-order valence-corrected chi connectivity index (χ0v) is 18.1. The molecule has 160 valence electrons. The first-order valence-corrected chi connectivity index (χ1v) is 9.92. The molecule has 1 heterocycles. The number of aromatic nitrogens is 1. The topological polar surface area (TPSA) is 93.3 Å². The van der Waals surface area contributed by atoms with E-state index in [2.05, 4.69) is 11.4 Å². The minimum Gasteiger partial charge on any atom is -0.497 e. The molecule has 7 heteroatoms. The van der Waals surface area contributed by atoms with Crippen LogP contribution in [0.5, 0.6) is 5.75 Å². The van der Waals surface area contributed by atoms with Crippen LogP contribution >= 0.6 is 0 Å². The standard InChI is InChI=1S/C24H25N3O4/c1-24(2,3)31-23(29)26-12-13-27-20(15-25)21(16-8-6-5-7-9-16)19-14-17(30-4)10-11-18(19)22(27)28/h5-11,14H,12-13H2,1-4H3,(H,26,29). The molecular weight excluding hydrogens is 394 g/mol. The number of fused-ring (bicyclic) bond motifs is 1. The Hall–Kier alpha value is -3.79. The molecule has 1 aromatic heterocycles. The minimum absolute atomic E-state index is 0.128. The molecule has 0 bridgehead atoms. The maximum absolute atomic E-state index is 13.2. The number of pyridine rings is 1. The summed E-state index contributed by atoms with van der Waals surface area (Å²) in [4.78, 5) is 25.2. The molecule has 7 nitrogen and oxygen atoms in total. The lowest BCUT2D eigenvalue weighted by Crippen LogP contribution is -2.36. The molecule has 0 aliphatic carbocycles. The SMILES string of the molecule is COc1ccc2c(=O)n(CCNC(=O)OC(C)(C)C)c(C#N)c(-c3ccccc3)c2c1. The average molecular weight is 419 g/mol. The van der Waals surface area contributed by atoms with E-state index in [1.165, 1.54) is 4.57 Å². The van der Waals surface area contributed by atoms with Crippen LogP contribution < -0.4 is 15.6 Å². The Balaban J connectivity index is 2.10. The number of nitriles is 1. The summed E-state index contributed by atoms with van der Waals surface area (Å²) in [6.45, 7) is 5.58. The van der Waals surface area contributed by atoms with Gasteiger partial charge in [0.1, 0.15) is 23.1 Å². The summed E-state index contributed by atoms with van der Waals surface area (Å²) in [6, 6.07) is 16.8. The van der Waals surface area contributed by atoms with Gasteiger partial charge in [0, 0.05) is 29.4 Å². The lowest BCUT2D eigenvalue weighted by molar-refractivity contribution is 0.0526. The third kappa shape index (κ3) is 4.86. The summed E-state index contributed by atoms with van der Waals surface area (Å²) >= 11 is 0. The summed E-state index contributed by atoms with van der Waals surface area (Å²) in [6.07, 6.45) is -0.576. The van der Waals surface area contributed by atoms with Gasteiger partial charge in [0.05, 0.1) is 7.11 Å². The second-order valence-electron chi connectivity index (χ2n) is 8.00. The summed E-state index contributed by atoms with van der Waals surface area (Å²) < 4.78 is 12.0. The minimum atomic E-state index is -0.624. The van der Waals surface area contributed by atoms with Crippen molar-refractivity contribution in [2.24, 2.45) is 0 Å². The molecule has 31 heavy (non-hydrogen) atoms. The van der Waals surface area contributed by atoms with E-state index in [4.69, 9.17) is 9.47 Å². The number of carbonyl (C=O) groups excluding carboxylic acids is 1. The Morgan fingerprint density at radius 1 is 1.13 bits per heavy atom. The molecule has 0 spiro atoms. The number of hydrogen-bond acceptors (Lipinski definition) is 5. The van der Waals surface area contributed by atoms with Gasteiger partial charge in [0.15, 0.2) is 0 Å². The smallest absolute Gasteiger partial charge is 0.407 e. The van der Waals surface area contributed by atoms with Gasteiger partial charge in [-0.2, -0.15) is 5.26 Å². The van der Waals surface area contributed by atoms with Gasteiger partial charge in [-0.05, 0) is 44.5 Å². The summed E-state index contributed by atoms with van der Waals surface area (Å²) in [5.41, 5.74) is 0.754. The Bertz CT molecular complexity index is 1200. The predicted molar refractivity (Wildman–Crippen MR) is 119 cm³/mol. The molecule has 0 fully saturated rings. The normalized spacial score (nSPS) is 11.1. The van der Waals surface area contributed by atoms with Crippen molar-refractivity contribution in [3.63, 3.8) is 0 Å². The van der Waals surface area contributed by atoms with E-state index >= 15 is 0 Å². The number of hydrogen-bond donors (Lipinski definition) is 1. The number of alkyl carbamates (subject to hydrolysis) is 1. The van der Waals surface area contributed by atoms with Crippen LogP contribution in [0.25, 0.3) is 21.9 Å². The van der Waals surface area contributed by atoms with Gasteiger partial charge in [0.2, 0.25) is 0 Å². The van der Waals surface area contributed by atoms with Crippen LogP contribution in [0.15, 0.2) is 53.3 Å². The van der Waals surface area contributed by atoms with Crippen molar-refractivity contribution in [1.82, 2.24) is 9.88 Å². The number of nitrogens with one attached hydrogen (secondary N) is 1. The van der Waals surface area contributed by atoms with Crippen LogP contribution in [0.3, 0.4) is 0 Å². The Labute approximate surface area is 180 Å². The van der Waals surface area contributed by atoms with Crippen LogP contribution in [-0.2, 0) is 11.3 Å². The molecule has 3 aromatic rings. The molecule has 1 N–H and O–H groups in total. The maximum atomic E-state index is 13.2. The Kier molecular flexibility index (Phi) is 6.30. The fraction of sp³-hybridized carbons (Fsp3) is 0.292. The number of nitrogens with zero attached hydrogens (tertiary/aromatic N) is 2. The third-order valence-electron chi connectivity index (χ3n) is 4.65. The monoisotopic (exact) mass is 419 g/mol. The van der Waals surface area contributed by atoms with Crippen molar-refractivity contribution in [2.75, 3.05) is 13.7 Å². The van der Waals surface area contributed by atoms with Crippen LogP contribution in [0.4, 0.5) is 4.79 Å². The lowest BCUT2D eigenvalue weighted by atomic mass is 9.97. The van der Waals surface area contributed by atoms with Crippen LogP contribution in [0.1, 0.15) is 26.5 Å². The van der Waals surface area contributed by atoms with E-state index in [1.807, 2.05) is 30.3 Å². The molecule has 0 atom stereocenters. The molecule has 3 rings (SSSR count). The second-order valence-corrected chi connectivity index (χ2v) is 8.00. The Morgan fingerprint density at radius 2 is 1.84 bits per heavy atom. The van der Waals surface area contributed by atoms with Crippen LogP contribution in [0.2, 0.25) is 0 Å². The summed E-state index contributed by atoms with van der Waals surface area (Å²) in [7, 11) is 1.55. The van der Waals surface area contributed by atoms with E-state index in [1.54, 1.807) is 46.1 Å². The van der Waals surface area contributed by atoms with Gasteiger partial charge in [0.25, 0.3) is 5.56 Å². The van der Waals surface area contributed by atoms with E-state index in [0.29, 0.717) is 22.1 Å². The van der Waals surface area contributed by atoms with Gasteiger partial charge < -0.3 is 14.8 Å². The fourth-order valence-electron chi connectivity index (χ4n) is 3.36. The zero-order chi connectivity index (χ0) is 22.6. The van der Waals surface area contributed by atoms with Crippen molar-refractivity contribution in [3.05, 3.63) is 64.6 Å². The van der Waals surface area contributed by atoms with E-state index < -0.39 is 11.7 Å². The molecule has 2 aromatic carbocycles. The lowest BCUT2D eigenvalue weighted by Gasteiger charge is -2.20. The molecule has 0 saturated heterocycles. The number of amides is 1. The highest BCUT2D eigenvalue weighted by molar-refractivity contribution is 5.99. The van der Waals surface area contributed by atoms with Gasteiger partial charge in [-0.3, -0.25) is 9.36 Å². The van der Waals surface area contributed by atoms with Crippen molar-refractivity contribution < 1.29 is 14.3 Å². The maximum Gasteiger partial charge on any atom is 0.407 e. The van der Waals surface area contributed by atoms with Gasteiger partial charge in [-0.1, -0.05) is 30.3 Å². The van der Waals surface area contributed by atoms with Crippen LogP contribution in [0, 0.1) is 11.3 Å². The first kappa shape index (κ1) is 21.9. The molecular formula is C24H25N3O4. The summed E-state index contributed by atoms with van der Waals surface area (Å²) in [5.74, 6) is 0.595. The van der Waals surface area contributed by atoms with Gasteiger partial charge in [-0.25, -0.2) is 4.79 Å².